The molecule has 278 valence electrons. The highest BCUT2D eigenvalue weighted by atomic mass is 16.6. The van der Waals surface area contributed by atoms with E-state index >= 15 is 0 Å². The third-order valence-electron chi connectivity index (χ3n) is 9.40. The molecule has 0 aliphatic rings. The van der Waals surface area contributed by atoms with Crippen molar-refractivity contribution in [1.29, 1.82) is 0 Å². The lowest BCUT2D eigenvalue weighted by molar-refractivity contribution is -0.0616. The van der Waals surface area contributed by atoms with E-state index in [0.717, 1.165) is 64.8 Å². The molecule has 3 unspecified atom stereocenters. The van der Waals surface area contributed by atoms with Gasteiger partial charge in [-0.25, -0.2) is 0 Å². The lowest BCUT2D eigenvalue weighted by atomic mass is 10.0. The van der Waals surface area contributed by atoms with Crippen molar-refractivity contribution in [2.24, 2.45) is 0 Å². The standard InChI is InChI=1S/C43H88O3/c1-4-7-10-13-16-19-22-23-24-25-27-30-33-36-39-45-42-43(46-40-37-34-31-28-21-18-15-12-9-6-3)41-44-38-35-32-29-26-20-17-14-11-8-5-2/h43H,4-42H2,1-3H3/i19T,22T. The zero-order valence-electron chi connectivity index (χ0n) is 34.1. The van der Waals surface area contributed by atoms with Crippen LogP contribution < -0.4 is 0 Å². The van der Waals surface area contributed by atoms with Gasteiger partial charge >= 0.3 is 0 Å². The van der Waals surface area contributed by atoms with E-state index in [1.807, 2.05) is 0 Å². The van der Waals surface area contributed by atoms with Gasteiger partial charge in [0.1, 0.15) is 6.10 Å². The van der Waals surface area contributed by atoms with Gasteiger partial charge in [0, 0.05) is 22.6 Å². The summed E-state index contributed by atoms with van der Waals surface area (Å²) in [5.41, 5.74) is 0. The number of ether oxygens (including phenoxy) is 3. The van der Waals surface area contributed by atoms with E-state index < -0.39 is 0 Å². The molecule has 0 aromatic carbocycles. The highest BCUT2D eigenvalue weighted by Gasteiger charge is 2.10. The minimum atomic E-state index is -0.195. The van der Waals surface area contributed by atoms with Gasteiger partial charge in [-0.3, -0.25) is 0 Å². The lowest BCUT2D eigenvalue weighted by Gasteiger charge is -2.18. The SMILES string of the molecule is [3H]C(CCCCCC)C([3H])CCCCCCCCOCC(COCCCCCCCCCCCC)OCCCCCCCCCCCC. The average Bonchev–Trinajstić information content (AvgIpc) is 3.09. The van der Waals surface area contributed by atoms with Crippen LogP contribution in [-0.2, 0) is 14.2 Å². The van der Waals surface area contributed by atoms with Gasteiger partial charge in [0.05, 0.1) is 13.2 Å². The van der Waals surface area contributed by atoms with E-state index in [1.54, 1.807) is 0 Å². The number of hydrogen-bond acceptors (Lipinski definition) is 3. The molecule has 0 saturated carbocycles. The third kappa shape index (κ3) is 40.1. The van der Waals surface area contributed by atoms with E-state index in [2.05, 4.69) is 20.8 Å². The maximum atomic E-state index is 8.29. The second-order valence-electron chi connectivity index (χ2n) is 14.2. The van der Waals surface area contributed by atoms with Crippen molar-refractivity contribution < 1.29 is 17.0 Å². The van der Waals surface area contributed by atoms with Crippen molar-refractivity contribution in [3.63, 3.8) is 0 Å². The van der Waals surface area contributed by atoms with Gasteiger partial charge in [0.15, 0.2) is 0 Å². The smallest absolute Gasteiger partial charge is 0.104 e. The molecule has 0 amide bonds. The first kappa shape index (κ1) is 42.0. The van der Waals surface area contributed by atoms with Crippen molar-refractivity contribution in [3.8, 4) is 0 Å². The van der Waals surface area contributed by atoms with Crippen molar-refractivity contribution in [3.05, 3.63) is 0 Å². The van der Waals surface area contributed by atoms with Crippen molar-refractivity contribution in [2.45, 2.75) is 245 Å². The molecule has 3 heteroatoms. The Kier molecular flexibility index (Phi) is 39.2. The summed E-state index contributed by atoms with van der Waals surface area (Å²) in [5, 5.41) is 0. The molecule has 0 aromatic heterocycles. The van der Waals surface area contributed by atoms with Crippen LogP contribution in [0.5, 0.6) is 0 Å². The summed E-state index contributed by atoms with van der Waals surface area (Å²) >= 11 is 0. The second kappa shape index (κ2) is 42.9. The number of hydrogen-bond donors (Lipinski definition) is 0. The molecule has 0 radical (unpaired) electrons. The Morgan fingerprint density at radius 2 is 0.587 bits per heavy atom. The first-order valence-corrected chi connectivity index (χ1v) is 21.3. The first-order valence-electron chi connectivity index (χ1n) is 22.4. The molecule has 3 nitrogen and oxygen atoms in total. The molecule has 3 atom stereocenters. The molecule has 0 N–H and O–H groups in total. The molecule has 46 heavy (non-hydrogen) atoms. The lowest BCUT2D eigenvalue weighted by Crippen LogP contribution is -2.26. The van der Waals surface area contributed by atoms with Crippen LogP contribution in [-0.4, -0.2) is 39.1 Å². The molecule has 0 aromatic rings. The largest absolute Gasteiger partial charge is 0.379 e. The average molecular weight is 657 g/mol. The summed E-state index contributed by atoms with van der Waals surface area (Å²) in [4.78, 5) is 0. The van der Waals surface area contributed by atoms with Crippen LogP contribution in [0.15, 0.2) is 0 Å². The summed E-state index contributed by atoms with van der Waals surface area (Å²) in [6.07, 6.45) is 40.4. The van der Waals surface area contributed by atoms with E-state index in [0.29, 0.717) is 13.2 Å². The van der Waals surface area contributed by atoms with Crippen LogP contribution in [0.4, 0.5) is 0 Å². The van der Waals surface area contributed by atoms with Gasteiger partial charge in [-0.05, 0) is 19.3 Å². The van der Waals surface area contributed by atoms with Crippen LogP contribution in [0.25, 0.3) is 0 Å². The molecule has 0 spiro atoms. The van der Waals surface area contributed by atoms with Gasteiger partial charge in [-0.1, -0.05) is 220 Å². The van der Waals surface area contributed by atoms with Crippen LogP contribution in [0.3, 0.4) is 0 Å². The van der Waals surface area contributed by atoms with Gasteiger partial charge in [-0.2, -0.15) is 0 Å². The van der Waals surface area contributed by atoms with Crippen molar-refractivity contribution >= 4 is 0 Å². The van der Waals surface area contributed by atoms with Crippen LogP contribution >= 0.6 is 0 Å². The summed E-state index contributed by atoms with van der Waals surface area (Å²) in [6, 6.07) is 0. The number of unbranched alkanes of at least 4 members (excludes halogenated alkanes) is 26. The second-order valence-corrected chi connectivity index (χ2v) is 14.2. The van der Waals surface area contributed by atoms with E-state index in [4.69, 9.17) is 17.0 Å². The predicted molar refractivity (Wildman–Crippen MR) is 205 cm³/mol. The minimum absolute atomic E-state index is 0.0528. The fraction of sp³-hybridized carbons (Fsp3) is 1.00. The van der Waals surface area contributed by atoms with Crippen LogP contribution in [0.1, 0.15) is 242 Å². The fourth-order valence-electron chi connectivity index (χ4n) is 6.20. The van der Waals surface area contributed by atoms with E-state index in [-0.39, 0.29) is 18.9 Å². The molecular weight excluding hydrogens is 564 g/mol. The molecule has 0 saturated heterocycles. The predicted octanol–water partition coefficient (Wildman–Crippen LogP) is 14.7. The Morgan fingerprint density at radius 3 is 0.913 bits per heavy atom. The fourth-order valence-corrected chi connectivity index (χ4v) is 6.20. The Labute approximate surface area is 294 Å². The van der Waals surface area contributed by atoms with Crippen molar-refractivity contribution in [2.75, 3.05) is 33.0 Å². The Bertz CT molecular complexity index is 578. The quantitative estimate of drug-likeness (QED) is 0.0612. The minimum Gasteiger partial charge on any atom is -0.379 e. The highest BCUT2D eigenvalue weighted by Crippen LogP contribution is 2.14. The topological polar surface area (TPSA) is 27.7 Å². The first-order chi connectivity index (χ1) is 23.7. The normalized spacial score (nSPS) is 14.3. The summed E-state index contributed by atoms with van der Waals surface area (Å²) < 4.78 is 35.0. The molecular formula is C43H88O3. The van der Waals surface area contributed by atoms with Gasteiger partial charge < -0.3 is 14.2 Å². The zero-order chi connectivity index (χ0) is 35.0. The molecule has 0 aliphatic carbocycles. The van der Waals surface area contributed by atoms with E-state index in [9.17, 15) is 0 Å². The molecule has 0 aliphatic heterocycles. The molecule has 0 heterocycles. The monoisotopic (exact) mass is 657 g/mol. The Hall–Kier alpha value is -0.120. The summed E-state index contributed by atoms with van der Waals surface area (Å²) in [5.74, 6) is 0. The van der Waals surface area contributed by atoms with Gasteiger partial charge in [-0.15, -0.1) is 0 Å². The summed E-state index contributed by atoms with van der Waals surface area (Å²) in [7, 11) is 0. The molecule has 0 fully saturated rings. The highest BCUT2D eigenvalue weighted by molar-refractivity contribution is 4.58. The Morgan fingerprint density at radius 1 is 0.326 bits per heavy atom. The zero-order valence-corrected chi connectivity index (χ0v) is 32.1. The maximum absolute atomic E-state index is 8.29. The third-order valence-corrected chi connectivity index (χ3v) is 9.40. The molecule has 0 bridgehead atoms. The van der Waals surface area contributed by atoms with Gasteiger partial charge in [0.25, 0.3) is 0 Å². The van der Waals surface area contributed by atoms with Crippen molar-refractivity contribution in [1.82, 2.24) is 0 Å². The van der Waals surface area contributed by atoms with Crippen LogP contribution in [0, 0.1) is 0 Å². The van der Waals surface area contributed by atoms with Crippen LogP contribution in [0.2, 0.25) is 0 Å². The van der Waals surface area contributed by atoms with Gasteiger partial charge in [0.2, 0.25) is 0 Å². The molecule has 0 rings (SSSR count). The number of rotatable bonds is 42. The van der Waals surface area contributed by atoms with E-state index in [1.165, 1.54) is 161 Å². The Balaban J connectivity index is 4.00. The maximum Gasteiger partial charge on any atom is 0.104 e. The summed E-state index contributed by atoms with van der Waals surface area (Å²) in [6.45, 7) is 10.6.